The lowest BCUT2D eigenvalue weighted by Gasteiger charge is -2.14. The van der Waals surface area contributed by atoms with Gasteiger partial charge < -0.3 is 10.1 Å². The van der Waals surface area contributed by atoms with Gasteiger partial charge in [-0.15, -0.1) is 0 Å². The van der Waals surface area contributed by atoms with Gasteiger partial charge in [-0.25, -0.2) is 13.1 Å². The molecule has 0 aromatic carbocycles. The third kappa shape index (κ3) is 4.00. The fourth-order valence-corrected chi connectivity index (χ4v) is 2.93. The molecule has 1 atom stereocenters. The molecule has 0 spiro atoms. The SMILES string of the molecule is CCn1cc(S(=O)(=O)NC[C@@H]2CNCCOC2)cn1. The van der Waals surface area contributed by atoms with Gasteiger partial charge in [-0.2, -0.15) is 5.10 Å². The average Bonchev–Trinajstić information content (AvgIpc) is 2.74. The maximum atomic E-state index is 12.1. The first-order valence-electron chi connectivity index (χ1n) is 6.42. The molecule has 1 aliphatic rings. The van der Waals surface area contributed by atoms with Crippen LogP contribution < -0.4 is 10.0 Å². The highest BCUT2D eigenvalue weighted by Gasteiger charge is 2.19. The lowest BCUT2D eigenvalue weighted by atomic mass is 10.2. The topological polar surface area (TPSA) is 85.2 Å². The highest BCUT2D eigenvalue weighted by atomic mass is 32.2. The van der Waals surface area contributed by atoms with Crippen LogP contribution in [-0.4, -0.2) is 51.0 Å². The Morgan fingerprint density at radius 3 is 3.21 bits per heavy atom. The van der Waals surface area contributed by atoms with Crippen molar-refractivity contribution >= 4 is 10.0 Å². The van der Waals surface area contributed by atoms with E-state index in [2.05, 4.69) is 15.1 Å². The molecule has 0 unspecified atom stereocenters. The first-order chi connectivity index (χ1) is 9.12. The van der Waals surface area contributed by atoms with Gasteiger partial charge in [-0.3, -0.25) is 4.68 Å². The zero-order chi connectivity index (χ0) is 13.7. The van der Waals surface area contributed by atoms with Crippen LogP contribution >= 0.6 is 0 Å². The summed E-state index contributed by atoms with van der Waals surface area (Å²) in [5.74, 6) is 0.151. The second-order valence-corrected chi connectivity index (χ2v) is 6.30. The molecule has 2 rings (SSSR count). The molecule has 0 aliphatic carbocycles. The first-order valence-corrected chi connectivity index (χ1v) is 7.90. The van der Waals surface area contributed by atoms with Crippen LogP contribution in [0.2, 0.25) is 0 Å². The first kappa shape index (κ1) is 14.4. The van der Waals surface area contributed by atoms with Crippen molar-refractivity contribution in [1.82, 2.24) is 19.8 Å². The Morgan fingerprint density at radius 2 is 2.47 bits per heavy atom. The molecule has 2 N–H and O–H groups in total. The average molecular weight is 288 g/mol. The maximum absolute atomic E-state index is 12.1. The van der Waals surface area contributed by atoms with Gasteiger partial charge in [0.25, 0.3) is 0 Å². The van der Waals surface area contributed by atoms with Crippen LogP contribution in [0.3, 0.4) is 0 Å². The number of aryl methyl sites for hydroxylation is 1. The molecule has 2 heterocycles. The van der Waals surface area contributed by atoms with Crippen molar-refractivity contribution in [2.45, 2.75) is 18.4 Å². The Balaban J connectivity index is 1.93. The van der Waals surface area contributed by atoms with Crippen molar-refractivity contribution in [3.05, 3.63) is 12.4 Å². The van der Waals surface area contributed by atoms with E-state index in [0.717, 1.165) is 13.1 Å². The fourth-order valence-electron chi connectivity index (χ4n) is 1.86. The van der Waals surface area contributed by atoms with Crippen molar-refractivity contribution in [3.63, 3.8) is 0 Å². The summed E-state index contributed by atoms with van der Waals surface area (Å²) in [6.45, 7) is 5.74. The largest absolute Gasteiger partial charge is 0.380 e. The number of hydrogen-bond donors (Lipinski definition) is 2. The van der Waals surface area contributed by atoms with E-state index in [0.29, 0.717) is 26.3 Å². The Kier molecular flexibility index (Phi) is 4.92. The van der Waals surface area contributed by atoms with Crippen LogP contribution in [0, 0.1) is 5.92 Å². The molecule has 0 amide bonds. The van der Waals surface area contributed by atoms with Crippen molar-refractivity contribution in [3.8, 4) is 0 Å². The molecule has 1 aromatic rings. The van der Waals surface area contributed by atoms with Crippen LogP contribution in [0.4, 0.5) is 0 Å². The van der Waals surface area contributed by atoms with Gasteiger partial charge in [0, 0.05) is 38.3 Å². The zero-order valence-electron chi connectivity index (χ0n) is 11.0. The van der Waals surface area contributed by atoms with Gasteiger partial charge in [-0.05, 0) is 6.92 Å². The highest BCUT2D eigenvalue weighted by Crippen LogP contribution is 2.08. The molecule has 1 aromatic heterocycles. The molecule has 19 heavy (non-hydrogen) atoms. The fraction of sp³-hybridized carbons (Fsp3) is 0.727. The zero-order valence-corrected chi connectivity index (χ0v) is 11.8. The summed E-state index contributed by atoms with van der Waals surface area (Å²) in [6.07, 6.45) is 2.90. The number of ether oxygens (including phenoxy) is 1. The molecular weight excluding hydrogens is 268 g/mol. The maximum Gasteiger partial charge on any atom is 0.243 e. The summed E-state index contributed by atoms with van der Waals surface area (Å²) in [4.78, 5) is 0.205. The quantitative estimate of drug-likeness (QED) is 0.757. The predicted octanol–water partition coefficient (Wildman–Crippen LogP) is -0.583. The van der Waals surface area contributed by atoms with Crippen LogP contribution in [0.25, 0.3) is 0 Å². The molecule has 0 saturated carbocycles. The minimum atomic E-state index is -3.48. The number of nitrogens with zero attached hydrogens (tertiary/aromatic N) is 2. The van der Waals surface area contributed by atoms with Crippen molar-refractivity contribution < 1.29 is 13.2 Å². The summed E-state index contributed by atoms with van der Waals surface area (Å²) in [5.41, 5.74) is 0. The molecule has 8 heteroatoms. The van der Waals surface area contributed by atoms with Gasteiger partial charge in [0.2, 0.25) is 10.0 Å². The van der Waals surface area contributed by atoms with E-state index in [1.54, 1.807) is 4.68 Å². The van der Waals surface area contributed by atoms with Gasteiger partial charge in [-0.1, -0.05) is 0 Å². The summed E-state index contributed by atoms with van der Waals surface area (Å²) in [6, 6.07) is 0. The summed E-state index contributed by atoms with van der Waals surface area (Å²) >= 11 is 0. The summed E-state index contributed by atoms with van der Waals surface area (Å²) in [7, 11) is -3.48. The monoisotopic (exact) mass is 288 g/mol. The lowest BCUT2D eigenvalue weighted by molar-refractivity contribution is 0.124. The van der Waals surface area contributed by atoms with E-state index < -0.39 is 10.0 Å². The summed E-state index contributed by atoms with van der Waals surface area (Å²) in [5, 5.41) is 7.18. The second kappa shape index (κ2) is 6.47. The van der Waals surface area contributed by atoms with Crippen LogP contribution in [0.1, 0.15) is 6.92 Å². The molecule has 0 bridgehead atoms. The number of hydrogen-bond acceptors (Lipinski definition) is 5. The van der Waals surface area contributed by atoms with Crippen LogP contribution in [-0.2, 0) is 21.3 Å². The van der Waals surface area contributed by atoms with E-state index in [-0.39, 0.29) is 10.8 Å². The number of rotatable bonds is 5. The molecular formula is C11H20N4O3S. The minimum absolute atomic E-state index is 0.151. The molecule has 0 radical (unpaired) electrons. The number of aromatic nitrogens is 2. The van der Waals surface area contributed by atoms with Crippen LogP contribution in [0.15, 0.2) is 17.3 Å². The third-order valence-electron chi connectivity index (χ3n) is 3.02. The van der Waals surface area contributed by atoms with Crippen LogP contribution in [0.5, 0.6) is 0 Å². The second-order valence-electron chi connectivity index (χ2n) is 4.53. The Hall–Kier alpha value is -0.960. The van der Waals surface area contributed by atoms with E-state index in [1.807, 2.05) is 6.92 Å². The standard InChI is InChI=1S/C11H20N4O3S/c1-2-15-8-11(7-13-15)19(16,17)14-6-10-5-12-3-4-18-9-10/h7-8,10,12,14H,2-6,9H2,1H3/t10-/m0/s1. The van der Waals surface area contributed by atoms with Crippen molar-refractivity contribution in [2.75, 3.05) is 32.8 Å². The van der Waals surface area contributed by atoms with Gasteiger partial charge in [0.15, 0.2) is 0 Å². The smallest absolute Gasteiger partial charge is 0.243 e. The van der Waals surface area contributed by atoms with Crippen molar-refractivity contribution in [2.24, 2.45) is 5.92 Å². The molecule has 1 saturated heterocycles. The van der Waals surface area contributed by atoms with E-state index in [9.17, 15) is 8.42 Å². The number of sulfonamides is 1. The summed E-state index contributed by atoms with van der Waals surface area (Å²) < 4.78 is 33.7. The van der Waals surface area contributed by atoms with Gasteiger partial charge in [0.1, 0.15) is 4.90 Å². The van der Waals surface area contributed by atoms with Gasteiger partial charge >= 0.3 is 0 Å². The predicted molar refractivity (Wildman–Crippen MR) is 70.3 cm³/mol. The number of nitrogens with one attached hydrogen (secondary N) is 2. The van der Waals surface area contributed by atoms with Gasteiger partial charge in [0.05, 0.1) is 19.4 Å². The van der Waals surface area contributed by atoms with E-state index in [1.165, 1.54) is 12.4 Å². The Bertz CT molecular complexity index is 492. The molecule has 7 nitrogen and oxygen atoms in total. The molecule has 1 aliphatic heterocycles. The van der Waals surface area contributed by atoms with Crippen molar-refractivity contribution in [1.29, 1.82) is 0 Å². The Morgan fingerprint density at radius 1 is 1.63 bits per heavy atom. The van der Waals surface area contributed by atoms with E-state index in [4.69, 9.17) is 4.74 Å². The normalized spacial score (nSPS) is 21.2. The molecule has 108 valence electrons. The van der Waals surface area contributed by atoms with E-state index >= 15 is 0 Å². The highest BCUT2D eigenvalue weighted by molar-refractivity contribution is 7.89. The lowest BCUT2D eigenvalue weighted by Crippen LogP contribution is -2.35. The third-order valence-corrected chi connectivity index (χ3v) is 4.39. The Labute approximate surface area is 113 Å². The minimum Gasteiger partial charge on any atom is -0.380 e. The molecule has 1 fully saturated rings.